The maximum Gasteiger partial charge on any atom is 0.321 e. The van der Waals surface area contributed by atoms with Crippen LogP contribution in [0.1, 0.15) is 33.6 Å². The third-order valence-electron chi connectivity index (χ3n) is 3.55. The van der Waals surface area contributed by atoms with E-state index in [-0.39, 0.29) is 17.8 Å². The largest absolute Gasteiger partial charge is 0.494 e. The van der Waals surface area contributed by atoms with Crippen LogP contribution in [0.5, 0.6) is 5.75 Å². The lowest BCUT2D eigenvalue weighted by Crippen LogP contribution is -2.40. The van der Waals surface area contributed by atoms with Crippen molar-refractivity contribution in [3.8, 4) is 5.75 Å². The first-order chi connectivity index (χ1) is 12.2. The minimum Gasteiger partial charge on any atom is -0.494 e. The summed E-state index contributed by atoms with van der Waals surface area (Å²) in [6, 6.07) is 3.02. The van der Waals surface area contributed by atoms with Gasteiger partial charge in [-0.1, -0.05) is 13.8 Å². The van der Waals surface area contributed by atoms with Gasteiger partial charge >= 0.3 is 5.97 Å². The molecule has 0 fully saturated rings. The fourth-order valence-corrected chi connectivity index (χ4v) is 2.20. The smallest absolute Gasteiger partial charge is 0.321 e. The number of benzene rings is 1. The van der Waals surface area contributed by atoms with E-state index in [0.717, 1.165) is 6.42 Å². The first kappa shape index (κ1) is 21.4. The van der Waals surface area contributed by atoms with Crippen molar-refractivity contribution in [2.24, 2.45) is 5.92 Å². The highest BCUT2D eigenvalue weighted by Gasteiger charge is 2.23. The van der Waals surface area contributed by atoms with Gasteiger partial charge < -0.3 is 20.5 Å². The van der Waals surface area contributed by atoms with Crippen LogP contribution in [0.3, 0.4) is 0 Å². The third-order valence-corrected chi connectivity index (χ3v) is 3.55. The Morgan fingerprint density at radius 3 is 2.58 bits per heavy atom. The Bertz CT molecular complexity index is 647. The molecule has 1 unspecified atom stereocenters. The number of ether oxygens (including phenoxy) is 1. The second-order valence-electron chi connectivity index (χ2n) is 6.15. The number of nitrogens with zero attached hydrogens (tertiary/aromatic N) is 1. The van der Waals surface area contributed by atoms with Crippen LogP contribution in [-0.2, 0) is 9.59 Å². The number of carbonyl (C=O) groups is 2. The van der Waals surface area contributed by atoms with Crippen molar-refractivity contribution in [2.45, 2.75) is 39.7 Å². The van der Waals surface area contributed by atoms with Crippen LogP contribution in [-0.4, -0.2) is 41.1 Å². The Labute approximate surface area is 151 Å². The minimum atomic E-state index is -1.15. The molecule has 3 N–H and O–H groups in total. The van der Waals surface area contributed by atoms with Crippen molar-refractivity contribution in [1.29, 1.82) is 0 Å². The summed E-state index contributed by atoms with van der Waals surface area (Å²) < 4.78 is 5.21. The first-order valence-electron chi connectivity index (χ1n) is 8.41. The van der Waals surface area contributed by atoms with E-state index in [0.29, 0.717) is 24.8 Å². The van der Waals surface area contributed by atoms with Gasteiger partial charge in [-0.25, -0.2) is 0 Å². The number of nitrogens with one attached hydrogen (secondary N) is 2. The van der Waals surface area contributed by atoms with E-state index in [1.165, 1.54) is 18.2 Å². The molecule has 0 aromatic heterocycles. The topological polar surface area (TPSA) is 131 Å². The summed E-state index contributed by atoms with van der Waals surface area (Å²) in [5, 5.41) is 25.6. The molecule has 26 heavy (non-hydrogen) atoms. The molecule has 0 saturated heterocycles. The second-order valence-corrected chi connectivity index (χ2v) is 6.15. The molecule has 0 heterocycles. The monoisotopic (exact) mass is 367 g/mol. The maximum atomic E-state index is 12.1. The number of hydrogen-bond donors (Lipinski definition) is 3. The van der Waals surface area contributed by atoms with Crippen molar-refractivity contribution in [1.82, 2.24) is 5.32 Å². The summed E-state index contributed by atoms with van der Waals surface area (Å²) in [5.41, 5.74) is -0.321. The van der Waals surface area contributed by atoms with E-state index < -0.39 is 22.8 Å². The van der Waals surface area contributed by atoms with Crippen LogP contribution >= 0.6 is 0 Å². The van der Waals surface area contributed by atoms with Gasteiger partial charge in [0.15, 0.2) is 0 Å². The van der Waals surface area contributed by atoms with E-state index >= 15 is 0 Å². The average molecular weight is 367 g/mol. The molecule has 0 spiro atoms. The summed E-state index contributed by atoms with van der Waals surface area (Å²) in [7, 11) is 0. The fourth-order valence-electron chi connectivity index (χ4n) is 2.20. The van der Waals surface area contributed by atoms with Crippen molar-refractivity contribution in [3.63, 3.8) is 0 Å². The van der Waals surface area contributed by atoms with Crippen molar-refractivity contribution in [3.05, 3.63) is 28.3 Å². The molecular weight excluding hydrogens is 342 g/mol. The number of rotatable bonds is 11. The quantitative estimate of drug-likeness (QED) is 0.404. The van der Waals surface area contributed by atoms with Gasteiger partial charge in [-0.15, -0.1) is 0 Å². The first-order valence-corrected chi connectivity index (χ1v) is 8.41. The van der Waals surface area contributed by atoms with E-state index in [9.17, 15) is 24.8 Å². The average Bonchev–Trinajstić information content (AvgIpc) is 2.54. The van der Waals surface area contributed by atoms with E-state index in [4.69, 9.17) is 4.74 Å². The van der Waals surface area contributed by atoms with Gasteiger partial charge in [0.25, 0.3) is 5.69 Å². The fraction of sp³-hybridized carbons (Fsp3) is 0.529. The molecule has 0 aliphatic carbocycles. The number of carboxylic acids is 1. The van der Waals surface area contributed by atoms with Crippen LogP contribution in [0.2, 0.25) is 0 Å². The van der Waals surface area contributed by atoms with Crippen LogP contribution in [0.4, 0.5) is 11.4 Å². The van der Waals surface area contributed by atoms with Gasteiger partial charge in [0.2, 0.25) is 5.91 Å². The standard InChI is InChI=1S/C17H25N3O6/c1-4-26-12-5-6-13(15(9-12)20(24)25)19-16(21)10-14(17(22)23)18-8-7-11(2)3/h5-6,9,11,14,18H,4,7-8,10H2,1-3H3,(H,19,21)(H,22,23). The molecule has 1 aromatic carbocycles. The zero-order chi connectivity index (χ0) is 19.7. The Hall–Kier alpha value is -2.68. The minimum absolute atomic E-state index is 0.00484. The van der Waals surface area contributed by atoms with Crippen LogP contribution in [0.15, 0.2) is 18.2 Å². The highest BCUT2D eigenvalue weighted by molar-refractivity contribution is 5.95. The van der Waals surface area contributed by atoms with Gasteiger partial charge in [0.05, 0.1) is 24.0 Å². The number of nitro benzene ring substituents is 1. The lowest BCUT2D eigenvalue weighted by Gasteiger charge is -2.15. The van der Waals surface area contributed by atoms with Crippen molar-refractivity contribution in [2.75, 3.05) is 18.5 Å². The molecule has 9 heteroatoms. The number of carbonyl (C=O) groups excluding carboxylic acids is 1. The Kier molecular flexibility index (Phi) is 8.50. The summed E-state index contributed by atoms with van der Waals surface area (Å²) in [4.78, 5) is 34.0. The predicted octanol–water partition coefficient (Wildman–Crippen LogP) is 2.41. The Balaban J connectivity index is 2.78. The second kappa shape index (κ2) is 10.3. The van der Waals surface area contributed by atoms with Gasteiger partial charge in [0.1, 0.15) is 17.5 Å². The molecule has 0 radical (unpaired) electrons. The molecule has 0 aliphatic heterocycles. The lowest BCUT2D eigenvalue weighted by atomic mass is 10.1. The lowest BCUT2D eigenvalue weighted by molar-refractivity contribution is -0.384. The summed E-state index contributed by atoms with van der Waals surface area (Å²) >= 11 is 0. The summed E-state index contributed by atoms with van der Waals surface area (Å²) in [6.45, 7) is 6.58. The highest BCUT2D eigenvalue weighted by Crippen LogP contribution is 2.29. The maximum absolute atomic E-state index is 12.1. The van der Waals surface area contributed by atoms with Gasteiger partial charge in [-0.3, -0.25) is 19.7 Å². The highest BCUT2D eigenvalue weighted by atomic mass is 16.6. The number of anilines is 1. The molecule has 1 aromatic rings. The molecule has 0 aliphatic rings. The van der Waals surface area contributed by atoms with Crippen LogP contribution < -0.4 is 15.4 Å². The molecule has 1 amide bonds. The molecule has 1 rings (SSSR count). The summed E-state index contributed by atoms with van der Waals surface area (Å²) in [5.74, 6) is -1.06. The van der Waals surface area contributed by atoms with Gasteiger partial charge in [0, 0.05) is 0 Å². The van der Waals surface area contributed by atoms with Crippen molar-refractivity contribution < 1.29 is 24.4 Å². The molecule has 0 saturated carbocycles. The van der Waals surface area contributed by atoms with Crippen LogP contribution in [0, 0.1) is 16.0 Å². The van der Waals surface area contributed by atoms with Gasteiger partial charge in [-0.2, -0.15) is 0 Å². The van der Waals surface area contributed by atoms with E-state index in [2.05, 4.69) is 10.6 Å². The molecule has 0 bridgehead atoms. The van der Waals surface area contributed by atoms with Crippen molar-refractivity contribution >= 4 is 23.3 Å². The zero-order valence-corrected chi connectivity index (χ0v) is 15.2. The third kappa shape index (κ3) is 7.06. The van der Waals surface area contributed by atoms with E-state index in [1.807, 2.05) is 13.8 Å². The number of amides is 1. The number of carboxylic acid groups (broad SMARTS) is 1. The predicted molar refractivity (Wildman–Crippen MR) is 96.4 cm³/mol. The normalized spacial score (nSPS) is 11.8. The molecule has 1 atom stereocenters. The van der Waals surface area contributed by atoms with Gasteiger partial charge in [-0.05, 0) is 37.9 Å². The number of hydrogen-bond acceptors (Lipinski definition) is 6. The summed E-state index contributed by atoms with van der Waals surface area (Å²) in [6.07, 6.45) is 0.438. The number of nitro groups is 1. The molecular formula is C17H25N3O6. The number of aliphatic carboxylic acids is 1. The molecule has 9 nitrogen and oxygen atoms in total. The zero-order valence-electron chi connectivity index (χ0n) is 15.2. The van der Waals surface area contributed by atoms with Crippen LogP contribution in [0.25, 0.3) is 0 Å². The SMILES string of the molecule is CCOc1ccc(NC(=O)CC(NCCC(C)C)C(=O)O)c([N+](=O)[O-])c1. The van der Waals surface area contributed by atoms with E-state index in [1.54, 1.807) is 6.92 Å². The Morgan fingerprint density at radius 2 is 2.04 bits per heavy atom. The molecule has 144 valence electrons. The Morgan fingerprint density at radius 1 is 1.35 bits per heavy atom.